The third kappa shape index (κ3) is 4.11. The zero-order valence-electron chi connectivity index (χ0n) is 15.1. The molecule has 1 unspecified atom stereocenters. The minimum atomic E-state index is -4.47. The van der Waals surface area contributed by atoms with Crippen LogP contribution in [0.3, 0.4) is 0 Å². The van der Waals surface area contributed by atoms with E-state index in [4.69, 9.17) is 4.74 Å². The van der Waals surface area contributed by atoms with Crippen molar-refractivity contribution in [3.63, 3.8) is 0 Å². The number of hydrogen-bond acceptors (Lipinski definition) is 6. The first-order chi connectivity index (χ1) is 12.6. The van der Waals surface area contributed by atoms with Crippen molar-refractivity contribution in [3.05, 3.63) is 38.8 Å². The number of aromatic nitrogens is 5. The Morgan fingerprint density at radius 2 is 2.07 bits per heavy atom. The Hall–Kier alpha value is -2.07. The van der Waals surface area contributed by atoms with Crippen molar-refractivity contribution in [1.82, 2.24) is 24.5 Å². The van der Waals surface area contributed by atoms with E-state index in [2.05, 4.69) is 15.3 Å². The van der Waals surface area contributed by atoms with Crippen LogP contribution < -0.4 is 16.7 Å². The van der Waals surface area contributed by atoms with Crippen molar-refractivity contribution < 1.29 is 19.1 Å². The first kappa shape index (κ1) is 19.7. The Morgan fingerprint density at radius 3 is 2.67 bits per heavy atom. The monoisotopic (exact) mass is 399 g/mol. The van der Waals surface area contributed by atoms with Gasteiger partial charge in [-0.15, -0.1) is 5.10 Å². The van der Waals surface area contributed by atoms with Crippen LogP contribution in [0.4, 0.5) is 0 Å². The highest BCUT2D eigenvalue weighted by molar-refractivity contribution is 7.59. The van der Waals surface area contributed by atoms with Crippen LogP contribution in [-0.4, -0.2) is 40.4 Å². The molecule has 0 amide bonds. The molecular weight excluding hydrogens is 377 g/mol. The molecule has 0 radical (unpaired) electrons. The summed E-state index contributed by atoms with van der Waals surface area (Å²) in [6, 6.07) is 0. The maximum atomic E-state index is 12.1. The second kappa shape index (κ2) is 7.16. The van der Waals surface area contributed by atoms with Crippen molar-refractivity contribution in [1.29, 1.82) is 0 Å². The minimum Gasteiger partial charge on any atom is -0.352 e. The molecule has 3 N–H and O–H groups in total. The lowest BCUT2D eigenvalue weighted by atomic mass is 9.89. The Bertz CT molecular complexity index is 989. The lowest BCUT2D eigenvalue weighted by Crippen LogP contribution is -2.33. The van der Waals surface area contributed by atoms with Gasteiger partial charge in [-0.25, -0.2) is 9.48 Å². The number of H-pyrrole nitrogens is 1. The van der Waals surface area contributed by atoms with E-state index >= 15 is 0 Å². The van der Waals surface area contributed by atoms with Gasteiger partial charge in [-0.05, 0) is 25.2 Å². The summed E-state index contributed by atoms with van der Waals surface area (Å²) in [5, 5.41) is 7.27. The zero-order chi connectivity index (χ0) is 19.9. The van der Waals surface area contributed by atoms with Crippen molar-refractivity contribution in [2.45, 2.75) is 46.1 Å². The molecule has 1 fully saturated rings. The van der Waals surface area contributed by atoms with Crippen LogP contribution in [0.5, 0.6) is 0 Å². The summed E-state index contributed by atoms with van der Waals surface area (Å²) in [6.07, 6.45) is 2.36. The Balaban J connectivity index is 1.84. The molecule has 1 aliphatic heterocycles. The number of nitrogens with one attached hydrogen (secondary N) is 1. The largest absolute Gasteiger partial charge is 0.377 e. The highest BCUT2D eigenvalue weighted by Gasteiger charge is 2.39. The second-order valence-corrected chi connectivity index (χ2v) is 8.64. The average Bonchev–Trinajstić information content (AvgIpc) is 3.18. The summed E-state index contributed by atoms with van der Waals surface area (Å²) in [5.41, 5.74) is -0.960. The molecule has 12 heteroatoms. The number of ether oxygens (including phenoxy) is 1. The first-order valence-corrected chi connectivity index (χ1v) is 10.1. The smallest absolute Gasteiger partial charge is 0.352 e. The summed E-state index contributed by atoms with van der Waals surface area (Å²) in [6.45, 7) is 5.92. The molecule has 0 saturated carbocycles. The number of nitrogens with zero attached hydrogens (tertiary/aromatic N) is 4. The fraction of sp³-hybridized carbons (Fsp3) is 0.600. The second-order valence-electron chi connectivity index (χ2n) is 7.09. The van der Waals surface area contributed by atoms with E-state index in [1.165, 1.54) is 21.6 Å². The van der Waals surface area contributed by atoms with Crippen LogP contribution in [0.2, 0.25) is 0 Å². The van der Waals surface area contributed by atoms with Gasteiger partial charge < -0.3 is 14.5 Å². The molecule has 148 valence electrons. The molecule has 0 aliphatic carbocycles. The van der Waals surface area contributed by atoms with Crippen molar-refractivity contribution in [2.75, 3.05) is 0 Å². The first-order valence-electron chi connectivity index (χ1n) is 8.50. The minimum absolute atomic E-state index is 0.0804. The van der Waals surface area contributed by atoms with E-state index in [-0.39, 0.29) is 24.5 Å². The maximum absolute atomic E-state index is 12.1. The Morgan fingerprint density at radius 1 is 1.37 bits per heavy atom. The summed E-state index contributed by atoms with van der Waals surface area (Å²) in [4.78, 5) is 44.3. The molecule has 2 aromatic heterocycles. The topological polar surface area (TPSA) is 152 Å². The Kier molecular flexibility index (Phi) is 5.22. The van der Waals surface area contributed by atoms with Crippen LogP contribution in [0.25, 0.3) is 0 Å². The molecule has 3 atom stereocenters. The highest BCUT2D eigenvalue weighted by Crippen LogP contribution is 2.38. The van der Waals surface area contributed by atoms with Crippen LogP contribution in [0.15, 0.2) is 22.0 Å². The number of rotatable bonds is 5. The van der Waals surface area contributed by atoms with Gasteiger partial charge in [0.05, 0.1) is 18.8 Å². The van der Waals surface area contributed by atoms with Crippen LogP contribution in [-0.2, 0) is 15.8 Å². The molecule has 3 rings (SSSR count). The van der Waals surface area contributed by atoms with Gasteiger partial charge in [0.25, 0.3) is 5.56 Å². The number of aromatic amines is 1. The van der Waals surface area contributed by atoms with Crippen molar-refractivity contribution >= 4 is 13.0 Å². The van der Waals surface area contributed by atoms with Crippen LogP contribution in [0.1, 0.15) is 32.1 Å². The van der Waals surface area contributed by atoms with E-state index in [0.29, 0.717) is 12.0 Å². The molecule has 0 aromatic carbocycles. The summed E-state index contributed by atoms with van der Waals surface area (Å²) < 4.78 is 20.0. The maximum Gasteiger partial charge on any atom is 0.377 e. The van der Waals surface area contributed by atoms with E-state index in [1.54, 1.807) is 6.92 Å². The fourth-order valence-electron chi connectivity index (χ4n) is 3.30. The van der Waals surface area contributed by atoms with Gasteiger partial charge in [0.1, 0.15) is 6.23 Å². The van der Waals surface area contributed by atoms with Crippen LogP contribution >= 0.6 is 7.60 Å². The molecule has 1 saturated heterocycles. The summed E-state index contributed by atoms with van der Waals surface area (Å²) in [7, 11) is -4.47. The zero-order valence-corrected chi connectivity index (χ0v) is 16.0. The van der Waals surface area contributed by atoms with Gasteiger partial charge in [0.2, 0.25) is 0 Å². The molecule has 2 aromatic rings. The van der Waals surface area contributed by atoms with E-state index in [0.717, 1.165) is 0 Å². The van der Waals surface area contributed by atoms with Gasteiger partial charge in [-0.2, -0.15) is 0 Å². The SMILES string of the molecule is Cc1cn([C@H]2CC(C(C)C)[C@@H](Cn3cc(P(=O)(O)O)nn3)O2)c(=O)[nH]c1=O. The number of hydrogen-bond donors (Lipinski definition) is 3. The van der Waals surface area contributed by atoms with E-state index in [1.807, 2.05) is 13.8 Å². The Labute approximate surface area is 154 Å². The van der Waals surface area contributed by atoms with Gasteiger partial charge in [0, 0.05) is 11.8 Å². The standard InChI is InChI=1S/C15H22N5O6P/c1-8(2)10-4-13(20-5-9(3)14(21)16-15(20)22)26-11(10)6-19-7-12(17-18-19)27(23,24)25/h5,7-8,10-11,13H,4,6H2,1-3H3,(H,16,21,22)(H2,23,24,25)/t10?,11-,13-/m1/s1. The van der Waals surface area contributed by atoms with Crippen molar-refractivity contribution in [3.8, 4) is 0 Å². The summed E-state index contributed by atoms with van der Waals surface area (Å²) in [5.74, 6) is 0.321. The predicted molar refractivity (Wildman–Crippen MR) is 94.6 cm³/mol. The van der Waals surface area contributed by atoms with Gasteiger partial charge in [0.15, 0.2) is 5.44 Å². The van der Waals surface area contributed by atoms with Crippen LogP contribution in [0, 0.1) is 18.8 Å². The molecule has 0 bridgehead atoms. The average molecular weight is 399 g/mol. The van der Waals surface area contributed by atoms with E-state index < -0.39 is 30.5 Å². The predicted octanol–water partition coefficient (Wildman–Crippen LogP) is -0.501. The van der Waals surface area contributed by atoms with Gasteiger partial charge >= 0.3 is 13.3 Å². The molecule has 0 spiro atoms. The fourth-order valence-corrected chi connectivity index (χ4v) is 3.74. The lowest BCUT2D eigenvalue weighted by Gasteiger charge is -2.21. The van der Waals surface area contributed by atoms with E-state index in [9.17, 15) is 23.9 Å². The normalized spacial score (nSPS) is 23.3. The number of aryl methyl sites for hydroxylation is 1. The molecule has 3 heterocycles. The highest BCUT2D eigenvalue weighted by atomic mass is 31.2. The van der Waals surface area contributed by atoms with Crippen molar-refractivity contribution in [2.24, 2.45) is 11.8 Å². The third-order valence-electron chi connectivity index (χ3n) is 4.79. The summed E-state index contributed by atoms with van der Waals surface area (Å²) >= 11 is 0. The molecule has 27 heavy (non-hydrogen) atoms. The van der Waals surface area contributed by atoms with Gasteiger partial charge in [-0.3, -0.25) is 18.9 Å². The molecule has 11 nitrogen and oxygen atoms in total. The lowest BCUT2D eigenvalue weighted by molar-refractivity contribution is -0.0201. The third-order valence-corrected chi connectivity index (χ3v) is 5.59. The van der Waals surface area contributed by atoms with Gasteiger partial charge in [-0.1, -0.05) is 19.1 Å². The molecule has 1 aliphatic rings. The quantitative estimate of drug-likeness (QED) is 0.569. The molecular formula is C15H22N5O6P.